The maximum absolute atomic E-state index is 13.3. The number of benzene rings is 1. The number of carbonyl (C=O) groups is 1. The molecule has 2 nitrogen and oxygen atoms in total. The van der Waals surface area contributed by atoms with Crippen LogP contribution in [-0.2, 0) is 10.2 Å². The highest BCUT2D eigenvalue weighted by molar-refractivity contribution is 5.80. The van der Waals surface area contributed by atoms with Gasteiger partial charge in [0, 0.05) is 0 Å². The summed E-state index contributed by atoms with van der Waals surface area (Å²) in [6.45, 7) is 4.57. The number of halogens is 1. The minimum atomic E-state index is -1.15. The van der Waals surface area contributed by atoms with Crippen molar-refractivity contribution >= 4 is 5.97 Å². The van der Waals surface area contributed by atoms with Crippen LogP contribution in [0.5, 0.6) is 0 Å². The summed E-state index contributed by atoms with van der Waals surface area (Å²) in [6, 6.07) is 6.74. The molecule has 0 saturated heterocycles. The zero-order chi connectivity index (χ0) is 11.6. The summed E-state index contributed by atoms with van der Waals surface area (Å²) < 4.78 is 13.3. The van der Waals surface area contributed by atoms with Gasteiger partial charge in [0.15, 0.2) is 0 Å². The molecule has 1 unspecified atom stereocenters. The second-order valence-electron chi connectivity index (χ2n) is 4.13. The van der Waals surface area contributed by atoms with Crippen LogP contribution in [0.25, 0.3) is 0 Å². The zero-order valence-corrected chi connectivity index (χ0v) is 9.12. The quantitative estimate of drug-likeness (QED) is 0.832. The molecule has 1 N–H and O–H groups in total. The van der Waals surface area contributed by atoms with E-state index in [1.54, 1.807) is 38.1 Å². The fourth-order valence-corrected chi connectivity index (χ4v) is 1.53. The molecule has 0 aliphatic heterocycles. The molecule has 0 spiro atoms. The summed E-state index contributed by atoms with van der Waals surface area (Å²) in [4.78, 5) is 11.1. The second-order valence-corrected chi connectivity index (χ2v) is 4.13. The fourth-order valence-electron chi connectivity index (χ4n) is 1.53. The molecule has 3 heteroatoms. The topological polar surface area (TPSA) is 37.3 Å². The van der Waals surface area contributed by atoms with Crippen molar-refractivity contribution in [1.82, 2.24) is 0 Å². The average molecular weight is 210 g/mol. The summed E-state index contributed by atoms with van der Waals surface area (Å²) in [7, 11) is 0. The first-order valence-corrected chi connectivity index (χ1v) is 4.84. The van der Waals surface area contributed by atoms with Crippen molar-refractivity contribution in [2.24, 2.45) is 0 Å². The van der Waals surface area contributed by atoms with E-state index in [1.165, 1.54) is 6.92 Å². The van der Waals surface area contributed by atoms with Crippen molar-refractivity contribution in [3.05, 3.63) is 35.4 Å². The van der Waals surface area contributed by atoms with Gasteiger partial charge in [-0.05, 0) is 31.9 Å². The second kappa shape index (κ2) is 4.01. The molecule has 0 aliphatic rings. The van der Waals surface area contributed by atoms with Crippen LogP contribution in [0.1, 0.15) is 38.1 Å². The summed E-state index contributed by atoms with van der Waals surface area (Å²) in [5, 5.41) is 9.08. The van der Waals surface area contributed by atoms with Crippen molar-refractivity contribution in [3.63, 3.8) is 0 Å². The van der Waals surface area contributed by atoms with Crippen LogP contribution < -0.4 is 0 Å². The molecule has 0 fully saturated rings. The highest BCUT2D eigenvalue weighted by atomic mass is 19.1. The fraction of sp³-hybridized carbons (Fsp3) is 0.417. The van der Waals surface area contributed by atoms with E-state index in [4.69, 9.17) is 5.11 Å². The van der Waals surface area contributed by atoms with Gasteiger partial charge in [0.05, 0.1) is 5.41 Å². The van der Waals surface area contributed by atoms with E-state index in [1.807, 2.05) is 0 Å². The van der Waals surface area contributed by atoms with Crippen LogP contribution in [0.3, 0.4) is 0 Å². The van der Waals surface area contributed by atoms with Gasteiger partial charge in [-0.15, -0.1) is 0 Å². The van der Waals surface area contributed by atoms with Gasteiger partial charge in [-0.1, -0.05) is 24.3 Å². The molecule has 0 aromatic heterocycles. The predicted octanol–water partition coefficient (Wildman–Crippen LogP) is 3.08. The Kier molecular flexibility index (Phi) is 3.12. The van der Waals surface area contributed by atoms with E-state index in [9.17, 15) is 9.18 Å². The molecule has 0 saturated carbocycles. The van der Waals surface area contributed by atoms with Gasteiger partial charge in [-0.3, -0.25) is 4.79 Å². The molecule has 1 aromatic carbocycles. The van der Waals surface area contributed by atoms with Gasteiger partial charge in [0.2, 0.25) is 0 Å². The van der Waals surface area contributed by atoms with Crippen LogP contribution in [0.15, 0.2) is 24.3 Å². The van der Waals surface area contributed by atoms with Crippen LogP contribution in [0.4, 0.5) is 4.39 Å². The Morgan fingerprint density at radius 2 is 1.93 bits per heavy atom. The standard InChI is InChI=1S/C12H15FO2/c1-8(13)9-6-4-5-7-10(9)12(2,3)11(14)15/h4-8H,1-3H3,(H,14,15). The van der Waals surface area contributed by atoms with E-state index >= 15 is 0 Å². The Hall–Kier alpha value is -1.38. The lowest BCUT2D eigenvalue weighted by molar-refractivity contribution is -0.142. The number of carboxylic acids is 1. The van der Waals surface area contributed by atoms with Gasteiger partial charge in [0.25, 0.3) is 0 Å². The van der Waals surface area contributed by atoms with E-state index in [2.05, 4.69) is 0 Å². The van der Waals surface area contributed by atoms with Crippen molar-refractivity contribution in [2.75, 3.05) is 0 Å². The predicted molar refractivity (Wildman–Crippen MR) is 56.6 cm³/mol. The van der Waals surface area contributed by atoms with Gasteiger partial charge < -0.3 is 5.11 Å². The lowest BCUT2D eigenvalue weighted by Gasteiger charge is -2.23. The van der Waals surface area contributed by atoms with Gasteiger partial charge >= 0.3 is 5.97 Å². The Bertz CT molecular complexity index is 370. The Morgan fingerprint density at radius 1 is 1.40 bits per heavy atom. The molecule has 0 heterocycles. The SMILES string of the molecule is CC(F)c1ccccc1C(C)(C)C(=O)O. The number of aliphatic carboxylic acids is 1. The summed E-state index contributed by atoms with van der Waals surface area (Å²) in [6.07, 6.45) is -1.15. The van der Waals surface area contributed by atoms with Gasteiger partial charge in [-0.25, -0.2) is 4.39 Å². The molecule has 82 valence electrons. The third kappa shape index (κ3) is 2.17. The third-order valence-electron chi connectivity index (χ3n) is 2.60. The van der Waals surface area contributed by atoms with E-state index < -0.39 is 17.6 Å². The minimum absolute atomic E-state index is 0.449. The average Bonchev–Trinajstić information content (AvgIpc) is 2.17. The molecule has 0 aliphatic carbocycles. The number of alkyl halides is 1. The van der Waals surface area contributed by atoms with Crippen LogP contribution >= 0.6 is 0 Å². The lowest BCUT2D eigenvalue weighted by Crippen LogP contribution is -2.29. The van der Waals surface area contributed by atoms with Gasteiger partial charge in [0.1, 0.15) is 6.17 Å². The van der Waals surface area contributed by atoms with Crippen LogP contribution in [0.2, 0.25) is 0 Å². The van der Waals surface area contributed by atoms with Crippen molar-refractivity contribution in [3.8, 4) is 0 Å². The van der Waals surface area contributed by atoms with E-state index in [0.717, 1.165) is 0 Å². The number of rotatable bonds is 3. The Morgan fingerprint density at radius 3 is 2.40 bits per heavy atom. The Balaban J connectivity index is 3.30. The molecular weight excluding hydrogens is 195 g/mol. The van der Waals surface area contributed by atoms with Gasteiger partial charge in [-0.2, -0.15) is 0 Å². The van der Waals surface area contributed by atoms with E-state index in [0.29, 0.717) is 11.1 Å². The van der Waals surface area contributed by atoms with Crippen molar-refractivity contribution < 1.29 is 14.3 Å². The Labute approximate surface area is 88.7 Å². The van der Waals surface area contributed by atoms with E-state index in [-0.39, 0.29) is 0 Å². The smallest absolute Gasteiger partial charge is 0.313 e. The minimum Gasteiger partial charge on any atom is -0.481 e. The third-order valence-corrected chi connectivity index (χ3v) is 2.60. The zero-order valence-electron chi connectivity index (χ0n) is 9.12. The lowest BCUT2D eigenvalue weighted by atomic mass is 9.81. The van der Waals surface area contributed by atoms with Crippen molar-refractivity contribution in [1.29, 1.82) is 0 Å². The monoisotopic (exact) mass is 210 g/mol. The molecular formula is C12H15FO2. The maximum Gasteiger partial charge on any atom is 0.313 e. The largest absolute Gasteiger partial charge is 0.481 e. The van der Waals surface area contributed by atoms with Crippen LogP contribution in [-0.4, -0.2) is 11.1 Å². The maximum atomic E-state index is 13.3. The number of hydrogen-bond donors (Lipinski definition) is 1. The number of hydrogen-bond acceptors (Lipinski definition) is 1. The molecule has 0 radical (unpaired) electrons. The highest BCUT2D eigenvalue weighted by Gasteiger charge is 2.32. The van der Waals surface area contributed by atoms with Crippen LogP contribution in [0, 0.1) is 0 Å². The molecule has 1 rings (SSSR count). The molecule has 0 amide bonds. The molecule has 0 bridgehead atoms. The highest BCUT2D eigenvalue weighted by Crippen LogP contribution is 2.31. The molecule has 1 atom stereocenters. The molecule has 1 aromatic rings. The summed E-state index contributed by atoms with van der Waals surface area (Å²) in [5.41, 5.74) is -0.0749. The molecule has 15 heavy (non-hydrogen) atoms. The van der Waals surface area contributed by atoms with Crippen molar-refractivity contribution in [2.45, 2.75) is 32.4 Å². The first-order valence-electron chi connectivity index (χ1n) is 4.84. The summed E-state index contributed by atoms with van der Waals surface area (Å²) >= 11 is 0. The normalized spacial score (nSPS) is 13.6. The number of carboxylic acid groups (broad SMARTS) is 1. The first kappa shape index (κ1) is 11.7. The summed E-state index contributed by atoms with van der Waals surface area (Å²) in [5.74, 6) is -0.949. The first-order chi connectivity index (χ1) is 6.87.